The van der Waals surface area contributed by atoms with Crippen LogP contribution in [0.3, 0.4) is 0 Å². The minimum atomic E-state index is -3.71. The number of hydrogen-bond acceptors (Lipinski definition) is 5. The van der Waals surface area contributed by atoms with Crippen molar-refractivity contribution >= 4 is 33.2 Å². The van der Waals surface area contributed by atoms with E-state index in [4.69, 9.17) is 5.11 Å². The number of aliphatic carboxylic acids is 1. The van der Waals surface area contributed by atoms with Gasteiger partial charge in [0.2, 0.25) is 5.91 Å². The van der Waals surface area contributed by atoms with Gasteiger partial charge in [0.1, 0.15) is 10.3 Å². The predicted octanol–water partition coefficient (Wildman–Crippen LogP) is 0.348. The number of carboxylic acid groups (broad SMARTS) is 1. The summed E-state index contributed by atoms with van der Waals surface area (Å²) < 4.78 is 25.3. The Kier molecular flexibility index (Phi) is 4.64. The van der Waals surface area contributed by atoms with Crippen LogP contribution in [-0.4, -0.2) is 49.3 Å². The summed E-state index contributed by atoms with van der Waals surface area (Å²) in [6, 6.07) is 2.13. The maximum Gasteiger partial charge on any atom is 0.326 e. The van der Waals surface area contributed by atoms with Gasteiger partial charge in [-0.1, -0.05) is 6.07 Å². The first-order valence-corrected chi connectivity index (χ1v) is 8.66. The molecular weight excluding hydrogens is 316 g/mol. The molecule has 1 aliphatic carbocycles. The molecule has 1 atom stereocenters. The molecule has 116 valence electrons. The molecule has 1 aliphatic rings. The van der Waals surface area contributed by atoms with Crippen LogP contribution in [0.2, 0.25) is 0 Å². The topological polar surface area (TPSA) is 104 Å². The first-order chi connectivity index (χ1) is 9.82. The summed E-state index contributed by atoms with van der Waals surface area (Å²) in [7, 11) is -2.41. The van der Waals surface area contributed by atoms with Crippen molar-refractivity contribution in [1.29, 1.82) is 0 Å². The maximum absolute atomic E-state index is 12.1. The van der Waals surface area contributed by atoms with Crippen molar-refractivity contribution in [2.24, 2.45) is 5.92 Å². The largest absolute Gasteiger partial charge is 0.480 e. The highest BCUT2D eigenvalue weighted by Gasteiger charge is 2.37. The number of thiophene rings is 1. The summed E-state index contributed by atoms with van der Waals surface area (Å²) in [6.07, 6.45) is 1.53. The van der Waals surface area contributed by atoms with E-state index in [-0.39, 0.29) is 10.1 Å². The second-order valence-corrected chi connectivity index (χ2v) is 8.13. The fraction of sp³-hybridized carbons (Fsp3) is 0.500. The zero-order valence-corrected chi connectivity index (χ0v) is 13.0. The Morgan fingerprint density at radius 2 is 2.19 bits per heavy atom. The number of carbonyl (C=O) groups is 2. The molecule has 1 unspecified atom stereocenters. The normalized spacial score (nSPS) is 16.7. The molecule has 7 nitrogen and oxygen atoms in total. The van der Waals surface area contributed by atoms with Crippen LogP contribution in [0.1, 0.15) is 12.8 Å². The third-order valence-corrected chi connectivity index (χ3v) is 6.38. The molecule has 1 saturated carbocycles. The van der Waals surface area contributed by atoms with Gasteiger partial charge in [-0.15, -0.1) is 11.3 Å². The van der Waals surface area contributed by atoms with Gasteiger partial charge in [0, 0.05) is 7.05 Å². The second kappa shape index (κ2) is 6.12. The Morgan fingerprint density at radius 3 is 2.67 bits per heavy atom. The number of likely N-dealkylation sites (N-methyl/N-ethyl adjacent to an activating group) is 1. The van der Waals surface area contributed by atoms with Gasteiger partial charge in [0.25, 0.3) is 10.0 Å². The van der Waals surface area contributed by atoms with Gasteiger partial charge in [-0.05, 0) is 30.2 Å². The number of nitrogens with zero attached hydrogens (tertiary/aromatic N) is 1. The first kappa shape index (κ1) is 15.9. The average Bonchev–Trinajstić information content (AvgIpc) is 3.07. The van der Waals surface area contributed by atoms with Crippen molar-refractivity contribution in [3.05, 3.63) is 17.5 Å². The highest BCUT2D eigenvalue weighted by molar-refractivity contribution is 7.91. The molecular formula is C12H16N2O5S2. The smallest absolute Gasteiger partial charge is 0.326 e. The summed E-state index contributed by atoms with van der Waals surface area (Å²) in [4.78, 5) is 22.9. The molecule has 2 rings (SSSR count). The molecule has 0 aliphatic heterocycles. The van der Waals surface area contributed by atoms with Gasteiger partial charge >= 0.3 is 5.97 Å². The van der Waals surface area contributed by atoms with E-state index in [0.29, 0.717) is 0 Å². The minimum absolute atomic E-state index is 0.0503. The van der Waals surface area contributed by atoms with Crippen molar-refractivity contribution in [3.8, 4) is 0 Å². The van der Waals surface area contributed by atoms with E-state index in [9.17, 15) is 18.0 Å². The summed E-state index contributed by atoms with van der Waals surface area (Å²) in [6.45, 7) is -0.406. The predicted molar refractivity (Wildman–Crippen MR) is 76.4 cm³/mol. The molecule has 1 amide bonds. The fourth-order valence-corrected chi connectivity index (χ4v) is 4.21. The van der Waals surface area contributed by atoms with E-state index in [1.165, 1.54) is 13.1 Å². The number of hydrogen-bond donors (Lipinski definition) is 2. The maximum atomic E-state index is 12.1. The number of nitrogens with one attached hydrogen (secondary N) is 1. The molecule has 9 heteroatoms. The molecule has 1 heterocycles. The van der Waals surface area contributed by atoms with Gasteiger partial charge in [-0.2, -0.15) is 4.31 Å². The molecule has 0 radical (unpaired) electrons. The van der Waals surface area contributed by atoms with Crippen LogP contribution in [0.15, 0.2) is 21.7 Å². The summed E-state index contributed by atoms with van der Waals surface area (Å²) in [5.74, 6) is -1.75. The van der Waals surface area contributed by atoms with Crippen LogP contribution in [0.5, 0.6) is 0 Å². The molecule has 0 bridgehead atoms. The summed E-state index contributed by atoms with van der Waals surface area (Å²) in [5.41, 5.74) is 0. The summed E-state index contributed by atoms with van der Waals surface area (Å²) >= 11 is 1.06. The van der Waals surface area contributed by atoms with Gasteiger partial charge in [-0.25, -0.2) is 13.2 Å². The highest BCUT2D eigenvalue weighted by atomic mass is 32.2. The molecule has 0 aromatic carbocycles. The van der Waals surface area contributed by atoms with Crippen molar-refractivity contribution in [3.63, 3.8) is 0 Å². The standard InChI is InChI=1S/C12H16N2O5S2/c1-14(21(18,19)10-3-2-6-20-10)7-9(15)13-11(12(16)17)8-4-5-8/h2-3,6,8,11H,4-5,7H2,1H3,(H,13,15)(H,16,17). The van der Waals surface area contributed by atoms with Gasteiger partial charge in [0.05, 0.1) is 6.54 Å². The monoisotopic (exact) mass is 332 g/mol. The first-order valence-electron chi connectivity index (χ1n) is 6.34. The van der Waals surface area contributed by atoms with E-state index in [0.717, 1.165) is 28.5 Å². The molecule has 21 heavy (non-hydrogen) atoms. The molecule has 1 aromatic rings. The lowest BCUT2D eigenvalue weighted by molar-refractivity contribution is -0.142. The number of rotatable bonds is 7. The Morgan fingerprint density at radius 1 is 1.52 bits per heavy atom. The molecule has 1 fully saturated rings. The van der Waals surface area contributed by atoms with Gasteiger partial charge < -0.3 is 10.4 Å². The van der Waals surface area contributed by atoms with E-state index >= 15 is 0 Å². The minimum Gasteiger partial charge on any atom is -0.480 e. The SMILES string of the molecule is CN(CC(=O)NC(C(=O)O)C1CC1)S(=O)(=O)c1cccs1. The van der Waals surface area contributed by atoms with Crippen LogP contribution in [0.25, 0.3) is 0 Å². The average molecular weight is 332 g/mol. The molecule has 2 N–H and O–H groups in total. The van der Waals surface area contributed by atoms with Crippen LogP contribution in [-0.2, 0) is 19.6 Å². The lowest BCUT2D eigenvalue weighted by atomic mass is 10.2. The highest BCUT2D eigenvalue weighted by Crippen LogP contribution is 2.32. The van der Waals surface area contributed by atoms with Gasteiger partial charge in [0.15, 0.2) is 0 Å². The van der Waals surface area contributed by atoms with Crippen LogP contribution in [0, 0.1) is 5.92 Å². The fourth-order valence-electron chi connectivity index (χ4n) is 1.88. The van der Waals surface area contributed by atoms with E-state index in [1.807, 2.05) is 0 Å². The van der Waals surface area contributed by atoms with Crippen molar-refractivity contribution in [1.82, 2.24) is 9.62 Å². The molecule has 0 spiro atoms. The van der Waals surface area contributed by atoms with Crippen molar-refractivity contribution < 1.29 is 23.1 Å². The Labute approximate surface area is 126 Å². The van der Waals surface area contributed by atoms with E-state index in [1.54, 1.807) is 11.4 Å². The second-order valence-electron chi connectivity index (χ2n) is 4.91. The third-order valence-electron chi connectivity index (χ3n) is 3.20. The number of carboxylic acids is 1. The number of amides is 1. The van der Waals surface area contributed by atoms with Crippen LogP contribution < -0.4 is 5.32 Å². The Hall–Kier alpha value is -1.45. The quantitative estimate of drug-likeness (QED) is 0.750. The molecule has 1 aromatic heterocycles. The van der Waals surface area contributed by atoms with Crippen molar-refractivity contribution in [2.75, 3.05) is 13.6 Å². The van der Waals surface area contributed by atoms with E-state index in [2.05, 4.69) is 5.32 Å². The molecule has 0 saturated heterocycles. The lowest BCUT2D eigenvalue weighted by Crippen LogP contribution is -2.46. The van der Waals surface area contributed by atoms with Crippen LogP contribution in [0.4, 0.5) is 0 Å². The van der Waals surface area contributed by atoms with E-state index < -0.39 is 34.5 Å². The lowest BCUT2D eigenvalue weighted by Gasteiger charge is -2.18. The zero-order valence-electron chi connectivity index (χ0n) is 11.4. The zero-order chi connectivity index (χ0) is 15.6. The summed E-state index contributed by atoms with van der Waals surface area (Å²) in [5, 5.41) is 13.1. The Balaban J connectivity index is 1.97. The Bertz CT molecular complexity index is 622. The third kappa shape index (κ3) is 3.80. The number of sulfonamides is 1. The van der Waals surface area contributed by atoms with Crippen LogP contribution >= 0.6 is 11.3 Å². The van der Waals surface area contributed by atoms with Gasteiger partial charge in [-0.3, -0.25) is 4.79 Å². The van der Waals surface area contributed by atoms with Crippen molar-refractivity contribution in [2.45, 2.75) is 23.1 Å². The number of carbonyl (C=O) groups excluding carboxylic acids is 1.